The molecular weight excluding hydrogens is 455 g/mol. The zero-order valence-corrected chi connectivity index (χ0v) is 20.3. The van der Waals surface area contributed by atoms with Gasteiger partial charge in [0.25, 0.3) is 0 Å². The van der Waals surface area contributed by atoms with Gasteiger partial charge in [0.05, 0.1) is 24.6 Å². The van der Waals surface area contributed by atoms with Gasteiger partial charge in [0.1, 0.15) is 11.6 Å². The maximum absolute atomic E-state index is 13.5. The van der Waals surface area contributed by atoms with Gasteiger partial charge in [-0.25, -0.2) is 12.8 Å². The number of hydrogen-bond acceptors (Lipinski definition) is 4. The molecule has 0 aliphatic carbocycles. The number of halogens is 1. The summed E-state index contributed by atoms with van der Waals surface area (Å²) in [5.74, 6) is -0.227. The topological polar surface area (TPSA) is 75.7 Å². The molecule has 1 amide bonds. The first-order chi connectivity index (χ1) is 16.2. The SMILES string of the molecule is COc1ccc(S(=O)(=O)N(CCc2ccccc2)CC(=O)N[C@@H](C)c2ccc(F)cc2)cc1C. The van der Waals surface area contributed by atoms with Crippen molar-refractivity contribution in [1.82, 2.24) is 9.62 Å². The molecule has 0 aliphatic rings. The Morgan fingerprint density at radius 2 is 1.74 bits per heavy atom. The van der Waals surface area contributed by atoms with Crippen LogP contribution in [0.25, 0.3) is 0 Å². The number of sulfonamides is 1. The number of hydrogen-bond donors (Lipinski definition) is 1. The third-order valence-electron chi connectivity index (χ3n) is 5.56. The summed E-state index contributed by atoms with van der Waals surface area (Å²) in [6.45, 7) is 3.32. The summed E-state index contributed by atoms with van der Waals surface area (Å²) in [7, 11) is -2.43. The van der Waals surface area contributed by atoms with Crippen molar-refractivity contribution in [3.63, 3.8) is 0 Å². The van der Waals surface area contributed by atoms with E-state index in [1.165, 1.54) is 29.6 Å². The Labute approximate surface area is 200 Å². The second-order valence-corrected chi connectivity index (χ2v) is 9.98. The molecule has 0 radical (unpaired) electrons. The third-order valence-corrected chi connectivity index (χ3v) is 7.41. The van der Waals surface area contributed by atoms with Gasteiger partial charge in [-0.2, -0.15) is 4.31 Å². The molecular formula is C26H29FN2O4S. The van der Waals surface area contributed by atoms with Gasteiger partial charge in [-0.15, -0.1) is 0 Å². The molecule has 8 heteroatoms. The van der Waals surface area contributed by atoms with Gasteiger partial charge in [-0.1, -0.05) is 42.5 Å². The van der Waals surface area contributed by atoms with Crippen LogP contribution >= 0.6 is 0 Å². The predicted octanol–water partition coefficient (Wildman–Crippen LogP) is 4.25. The van der Waals surface area contributed by atoms with E-state index in [0.717, 1.165) is 11.1 Å². The van der Waals surface area contributed by atoms with Crippen molar-refractivity contribution >= 4 is 15.9 Å². The van der Waals surface area contributed by atoms with Crippen molar-refractivity contribution in [2.24, 2.45) is 0 Å². The van der Waals surface area contributed by atoms with E-state index in [1.807, 2.05) is 30.3 Å². The zero-order valence-electron chi connectivity index (χ0n) is 19.5. The Hall–Kier alpha value is -3.23. The average Bonchev–Trinajstić information content (AvgIpc) is 2.82. The number of nitrogens with one attached hydrogen (secondary N) is 1. The lowest BCUT2D eigenvalue weighted by atomic mass is 10.1. The summed E-state index contributed by atoms with van der Waals surface area (Å²) in [6, 6.07) is 19.5. The Kier molecular flexibility index (Phi) is 8.41. The van der Waals surface area contributed by atoms with Crippen molar-refractivity contribution in [3.05, 3.63) is 95.3 Å². The second kappa shape index (κ2) is 11.3. The molecule has 1 N–H and O–H groups in total. The molecule has 0 aromatic heterocycles. The molecule has 0 saturated carbocycles. The van der Waals surface area contributed by atoms with Gasteiger partial charge in [0.15, 0.2) is 0 Å². The van der Waals surface area contributed by atoms with Crippen LogP contribution in [-0.2, 0) is 21.2 Å². The van der Waals surface area contributed by atoms with E-state index in [-0.39, 0.29) is 23.8 Å². The number of nitrogens with zero attached hydrogens (tertiary/aromatic N) is 1. The molecule has 0 heterocycles. The Balaban J connectivity index is 1.81. The zero-order chi connectivity index (χ0) is 24.7. The van der Waals surface area contributed by atoms with Crippen molar-refractivity contribution in [3.8, 4) is 5.75 Å². The van der Waals surface area contributed by atoms with E-state index in [2.05, 4.69) is 5.32 Å². The first-order valence-electron chi connectivity index (χ1n) is 10.9. The number of carbonyl (C=O) groups is 1. The van der Waals surface area contributed by atoms with Gasteiger partial charge < -0.3 is 10.1 Å². The van der Waals surface area contributed by atoms with E-state index in [9.17, 15) is 17.6 Å². The fourth-order valence-electron chi connectivity index (χ4n) is 3.63. The summed E-state index contributed by atoms with van der Waals surface area (Å²) in [5, 5.41) is 2.81. The monoisotopic (exact) mass is 484 g/mol. The maximum atomic E-state index is 13.5. The van der Waals surface area contributed by atoms with Crippen LogP contribution in [0.5, 0.6) is 5.75 Å². The van der Waals surface area contributed by atoms with E-state index >= 15 is 0 Å². The van der Waals surface area contributed by atoms with Gasteiger partial charge in [0, 0.05) is 6.54 Å². The third kappa shape index (κ3) is 6.42. The minimum Gasteiger partial charge on any atom is -0.496 e. The van der Waals surface area contributed by atoms with E-state index < -0.39 is 22.0 Å². The van der Waals surface area contributed by atoms with Crippen LogP contribution in [0.1, 0.15) is 29.7 Å². The largest absolute Gasteiger partial charge is 0.496 e. The van der Waals surface area contributed by atoms with E-state index in [1.54, 1.807) is 38.1 Å². The number of amides is 1. The molecule has 0 saturated heterocycles. The van der Waals surface area contributed by atoms with Gasteiger partial charge in [-0.3, -0.25) is 4.79 Å². The number of aryl methyl sites for hydroxylation is 1. The summed E-state index contributed by atoms with van der Waals surface area (Å²) in [5.41, 5.74) is 2.37. The number of rotatable bonds is 10. The first kappa shape index (κ1) is 25.4. The second-order valence-electron chi connectivity index (χ2n) is 8.05. The molecule has 0 aliphatic heterocycles. The van der Waals surface area contributed by atoms with Crippen molar-refractivity contribution in [2.45, 2.75) is 31.2 Å². The van der Waals surface area contributed by atoms with Crippen molar-refractivity contribution < 1.29 is 22.3 Å². The predicted molar refractivity (Wildman–Crippen MR) is 130 cm³/mol. The normalized spacial score (nSPS) is 12.4. The first-order valence-corrected chi connectivity index (χ1v) is 12.4. The molecule has 180 valence electrons. The highest BCUT2D eigenvalue weighted by molar-refractivity contribution is 7.89. The highest BCUT2D eigenvalue weighted by atomic mass is 32.2. The smallest absolute Gasteiger partial charge is 0.243 e. The summed E-state index contributed by atoms with van der Waals surface area (Å²) in [6.07, 6.45) is 0.454. The summed E-state index contributed by atoms with van der Waals surface area (Å²) < 4.78 is 46.6. The van der Waals surface area contributed by atoms with Crippen LogP contribution in [0.4, 0.5) is 4.39 Å². The van der Waals surface area contributed by atoms with Crippen LogP contribution in [-0.4, -0.2) is 38.8 Å². The highest BCUT2D eigenvalue weighted by Gasteiger charge is 2.27. The van der Waals surface area contributed by atoms with Crippen LogP contribution < -0.4 is 10.1 Å². The summed E-state index contributed by atoms with van der Waals surface area (Å²) in [4.78, 5) is 12.9. The lowest BCUT2D eigenvalue weighted by molar-refractivity contribution is -0.121. The molecule has 0 unspecified atom stereocenters. The van der Waals surface area contributed by atoms with Gasteiger partial charge >= 0.3 is 0 Å². The van der Waals surface area contributed by atoms with Crippen LogP contribution in [0, 0.1) is 12.7 Å². The Morgan fingerprint density at radius 3 is 2.35 bits per heavy atom. The number of carbonyl (C=O) groups excluding carboxylic acids is 1. The maximum Gasteiger partial charge on any atom is 0.243 e. The highest BCUT2D eigenvalue weighted by Crippen LogP contribution is 2.24. The van der Waals surface area contributed by atoms with Gasteiger partial charge in [0.2, 0.25) is 15.9 Å². The molecule has 34 heavy (non-hydrogen) atoms. The fourth-order valence-corrected chi connectivity index (χ4v) is 5.11. The molecule has 3 rings (SSSR count). The van der Waals surface area contributed by atoms with Crippen molar-refractivity contribution in [1.29, 1.82) is 0 Å². The Bertz CT molecular complexity index is 1220. The van der Waals surface area contributed by atoms with E-state index in [4.69, 9.17) is 4.74 Å². The number of methoxy groups -OCH3 is 1. The molecule has 1 atom stereocenters. The summed E-state index contributed by atoms with van der Waals surface area (Å²) >= 11 is 0. The molecule has 0 bridgehead atoms. The molecule has 3 aromatic carbocycles. The minimum atomic E-state index is -3.95. The fraction of sp³-hybridized carbons (Fsp3) is 0.269. The molecule has 6 nitrogen and oxygen atoms in total. The molecule has 0 fully saturated rings. The Morgan fingerprint density at radius 1 is 1.06 bits per heavy atom. The average molecular weight is 485 g/mol. The molecule has 3 aromatic rings. The number of ether oxygens (including phenoxy) is 1. The minimum absolute atomic E-state index is 0.0956. The lowest BCUT2D eigenvalue weighted by Gasteiger charge is -2.23. The number of benzene rings is 3. The van der Waals surface area contributed by atoms with Crippen molar-refractivity contribution in [2.75, 3.05) is 20.2 Å². The van der Waals surface area contributed by atoms with Crippen LogP contribution in [0.2, 0.25) is 0 Å². The van der Waals surface area contributed by atoms with Crippen LogP contribution in [0.15, 0.2) is 77.7 Å². The standard InChI is InChI=1S/C26H29FN2O4S/c1-19-17-24(13-14-25(19)33-3)34(31,32)29(16-15-21-7-5-4-6-8-21)18-26(30)28-20(2)22-9-11-23(27)12-10-22/h4-14,17,20H,15-16,18H2,1-3H3,(H,28,30)/t20-/m0/s1. The molecule has 0 spiro atoms. The van der Waals surface area contributed by atoms with Gasteiger partial charge in [-0.05, 0) is 67.3 Å². The van der Waals surface area contributed by atoms with Crippen LogP contribution in [0.3, 0.4) is 0 Å². The van der Waals surface area contributed by atoms with E-state index in [0.29, 0.717) is 17.7 Å². The lowest BCUT2D eigenvalue weighted by Crippen LogP contribution is -2.42. The quantitative estimate of drug-likeness (QED) is 0.467.